The SMILES string of the molecule is c1ccc(-c2ccc(-c3cc4c(oc5cccc(N(c6ccc7ccccc7c6)c6ccccc6-c6ccccc6)c54)c4ccccc34)cc2)cc1. The molecule has 0 aliphatic rings. The van der Waals surface area contributed by atoms with Gasteiger partial charge in [-0.2, -0.15) is 0 Å². The van der Waals surface area contributed by atoms with Crippen molar-refractivity contribution in [2.45, 2.75) is 0 Å². The van der Waals surface area contributed by atoms with E-state index in [9.17, 15) is 0 Å². The molecule has 0 unspecified atom stereocenters. The lowest BCUT2D eigenvalue weighted by Crippen LogP contribution is -2.11. The van der Waals surface area contributed by atoms with Crippen LogP contribution >= 0.6 is 0 Å². The highest BCUT2D eigenvalue weighted by atomic mass is 16.3. The molecule has 0 saturated carbocycles. The zero-order valence-corrected chi connectivity index (χ0v) is 28.4. The molecular formula is C50H33NO. The van der Waals surface area contributed by atoms with Gasteiger partial charge in [-0.3, -0.25) is 0 Å². The first-order chi connectivity index (χ1) is 25.8. The Morgan fingerprint density at radius 1 is 0.346 bits per heavy atom. The molecule has 10 aromatic rings. The summed E-state index contributed by atoms with van der Waals surface area (Å²) < 4.78 is 6.85. The number of fused-ring (bicyclic) bond motifs is 6. The molecule has 244 valence electrons. The van der Waals surface area contributed by atoms with Gasteiger partial charge >= 0.3 is 0 Å². The summed E-state index contributed by atoms with van der Waals surface area (Å²) >= 11 is 0. The van der Waals surface area contributed by atoms with Crippen LogP contribution in [0.4, 0.5) is 17.1 Å². The number of anilines is 3. The van der Waals surface area contributed by atoms with E-state index in [-0.39, 0.29) is 0 Å². The number of hydrogen-bond donors (Lipinski definition) is 0. The Balaban J connectivity index is 1.25. The Morgan fingerprint density at radius 2 is 0.942 bits per heavy atom. The fourth-order valence-electron chi connectivity index (χ4n) is 7.78. The van der Waals surface area contributed by atoms with Crippen LogP contribution < -0.4 is 4.90 Å². The number of rotatable bonds is 6. The van der Waals surface area contributed by atoms with E-state index >= 15 is 0 Å². The Bertz CT molecular complexity index is 2890. The highest BCUT2D eigenvalue weighted by Crippen LogP contribution is 2.48. The van der Waals surface area contributed by atoms with Crippen LogP contribution in [0.15, 0.2) is 205 Å². The molecule has 2 nitrogen and oxygen atoms in total. The molecule has 1 heterocycles. The average Bonchev–Trinajstić information content (AvgIpc) is 3.61. The molecule has 0 saturated heterocycles. The van der Waals surface area contributed by atoms with Crippen molar-refractivity contribution in [1.29, 1.82) is 0 Å². The molecule has 52 heavy (non-hydrogen) atoms. The van der Waals surface area contributed by atoms with Gasteiger partial charge in [-0.1, -0.05) is 164 Å². The van der Waals surface area contributed by atoms with Crippen LogP contribution in [0.5, 0.6) is 0 Å². The summed E-state index contributed by atoms with van der Waals surface area (Å²) in [6.45, 7) is 0. The van der Waals surface area contributed by atoms with E-state index < -0.39 is 0 Å². The lowest BCUT2D eigenvalue weighted by molar-refractivity contribution is 0.672. The van der Waals surface area contributed by atoms with Crippen LogP contribution in [-0.2, 0) is 0 Å². The van der Waals surface area contributed by atoms with Gasteiger partial charge < -0.3 is 9.32 Å². The highest BCUT2D eigenvalue weighted by Gasteiger charge is 2.23. The number of benzene rings is 9. The van der Waals surface area contributed by atoms with Gasteiger partial charge in [-0.25, -0.2) is 0 Å². The summed E-state index contributed by atoms with van der Waals surface area (Å²) in [7, 11) is 0. The Labute approximate surface area is 302 Å². The average molecular weight is 664 g/mol. The second kappa shape index (κ2) is 12.5. The fourth-order valence-corrected chi connectivity index (χ4v) is 7.78. The quantitative estimate of drug-likeness (QED) is 0.176. The van der Waals surface area contributed by atoms with Crippen molar-refractivity contribution in [2.24, 2.45) is 0 Å². The third-order valence-electron chi connectivity index (χ3n) is 10.2. The van der Waals surface area contributed by atoms with Crippen molar-refractivity contribution < 1.29 is 4.42 Å². The predicted molar refractivity (Wildman–Crippen MR) is 220 cm³/mol. The normalized spacial score (nSPS) is 11.5. The van der Waals surface area contributed by atoms with E-state index in [4.69, 9.17) is 4.42 Å². The highest BCUT2D eigenvalue weighted by molar-refractivity contribution is 6.22. The van der Waals surface area contributed by atoms with Gasteiger partial charge in [0.15, 0.2) is 0 Å². The number of para-hydroxylation sites is 1. The molecule has 0 N–H and O–H groups in total. The summed E-state index contributed by atoms with van der Waals surface area (Å²) in [5.41, 5.74) is 12.1. The van der Waals surface area contributed by atoms with E-state index in [1.807, 2.05) is 0 Å². The zero-order valence-electron chi connectivity index (χ0n) is 28.4. The van der Waals surface area contributed by atoms with Crippen LogP contribution in [0.25, 0.3) is 76.9 Å². The maximum Gasteiger partial charge on any atom is 0.143 e. The van der Waals surface area contributed by atoms with E-state index in [2.05, 4.69) is 205 Å². The third kappa shape index (κ3) is 5.04. The minimum Gasteiger partial charge on any atom is -0.455 e. The van der Waals surface area contributed by atoms with Crippen LogP contribution in [0.2, 0.25) is 0 Å². The Hall–Kier alpha value is -6.90. The molecule has 0 bridgehead atoms. The summed E-state index contributed by atoms with van der Waals surface area (Å²) in [5, 5.41) is 6.86. The van der Waals surface area contributed by atoms with Gasteiger partial charge in [0.05, 0.1) is 16.8 Å². The Morgan fingerprint density at radius 3 is 1.75 bits per heavy atom. The van der Waals surface area contributed by atoms with Gasteiger partial charge in [-0.15, -0.1) is 0 Å². The van der Waals surface area contributed by atoms with Gasteiger partial charge in [0.25, 0.3) is 0 Å². The molecule has 10 rings (SSSR count). The lowest BCUT2D eigenvalue weighted by atomic mass is 9.93. The molecule has 0 aliphatic carbocycles. The van der Waals surface area contributed by atoms with E-state index in [0.29, 0.717) is 0 Å². The molecule has 0 atom stereocenters. The van der Waals surface area contributed by atoms with E-state index in [1.54, 1.807) is 0 Å². The monoisotopic (exact) mass is 663 g/mol. The minimum absolute atomic E-state index is 0.859. The Kier molecular flexibility index (Phi) is 7.18. The summed E-state index contributed by atoms with van der Waals surface area (Å²) in [5.74, 6) is 0. The summed E-state index contributed by atoms with van der Waals surface area (Å²) in [4.78, 5) is 2.41. The largest absolute Gasteiger partial charge is 0.455 e. The topological polar surface area (TPSA) is 16.4 Å². The van der Waals surface area contributed by atoms with Crippen molar-refractivity contribution >= 4 is 60.5 Å². The molecule has 0 amide bonds. The maximum atomic E-state index is 6.85. The molecule has 0 aliphatic heterocycles. The maximum absolute atomic E-state index is 6.85. The predicted octanol–water partition coefficient (Wildman–Crippen LogP) is 14.4. The van der Waals surface area contributed by atoms with Gasteiger partial charge in [0.2, 0.25) is 0 Å². The number of nitrogens with zero attached hydrogens (tertiary/aromatic N) is 1. The van der Waals surface area contributed by atoms with Crippen molar-refractivity contribution in [3.05, 3.63) is 200 Å². The number of hydrogen-bond acceptors (Lipinski definition) is 2. The van der Waals surface area contributed by atoms with Crippen molar-refractivity contribution in [3.63, 3.8) is 0 Å². The third-order valence-corrected chi connectivity index (χ3v) is 10.2. The first-order valence-electron chi connectivity index (χ1n) is 17.8. The molecule has 0 radical (unpaired) electrons. The van der Waals surface area contributed by atoms with Crippen LogP contribution in [-0.4, -0.2) is 0 Å². The first-order valence-corrected chi connectivity index (χ1v) is 17.8. The van der Waals surface area contributed by atoms with Gasteiger partial charge in [0.1, 0.15) is 11.2 Å². The second-order valence-electron chi connectivity index (χ2n) is 13.3. The van der Waals surface area contributed by atoms with Crippen molar-refractivity contribution in [1.82, 2.24) is 0 Å². The molecule has 9 aromatic carbocycles. The van der Waals surface area contributed by atoms with Gasteiger partial charge in [0, 0.05) is 22.0 Å². The van der Waals surface area contributed by atoms with Gasteiger partial charge in [-0.05, 0) is 80.4 Å². The molecule has 0 spiro atoms. The first kappa shape index (κ1) is 30.0. The molecule has 0 fully saturated rings. The number of furan rings is 1. The second-order valence-corrected chi connectivity index (χ2v) is 13.3. The van der Waals surface area contributed by atoms with E-state index in [1.165, 1.54) is 44.0 Å². The van der Waals surface area contributed by atoms with E-state index in [0.717, 1.165) is 50.0 Å². The molecule has 2 heteroatoms. The van der Waals surface area contributed by atoms with Crippen LogP contribution in [0.3, 0.4) is 0 Å². The zero-order chi connectivity index (χ0) is 34.4. The van der Waals surface area contributed by atoms with Crippen molar-refractivity contribution in [2.75, 3.05) is 4.90 Å². The smallest absolute Gasteiger partial charge is 0.143 e. The molecular weight excluding hydrogens is 631 g/mol. The standard InChI is InChI=1S/C50H33NO/c1-3-14-34(15-4-1)36-26-28-38(29-27-36)44-33-45-49-47(24-13-25-48(49)52-50(45)43-22-10-9-21-42(43)44)51(40-31-30-35-16-7-8-19-39(35)32-40)46-23-12-11-20-41(46)37-17-5-2-6-18-37/h1-33H. The fraction of sp³-hybridized carbons (Fsp3) is 0. The lowest BCUT2D eigenvalue weighted by Gasteiger charge is -2.29. The minimum atomic E-state index is 0.859. The summed E-state index contributed by atoms with van der Waals surface area (Å²) in [6, 6.07) is 71.6. The van der Waals surface area contributed by atoms with Crippen molar-refractivity contribution in [3.8, 4) is 33.4 Å². The summed E-state index contributed by atoms with van der Waals surface area (Å²) in [6.07, 6.45) is 0. The van der Waals surface area contributed by atoms with Crippen LogP contribution in [0.1, 0.15) is 0 Å². The van der Waals surface area contributed by atoms with Crippen LogP contribution in [0, 0.1) is 0 Å². The molecule has 1 aromatic heterocycles.